The lowest BCUT2D eigenvalue weighted by Crippen LogP contribution is -2.19. The molecule has 5 rings (SSSR count). The Labute approximate surface area is 189 Å². The van der Waals surface area contributed by atoms with Crippen LogP contribution in [-0.4, -0.2) is 19.1 Å². The molecule has 0 saturated carbocycles. The lowest BCUT2D eigenvalue weighted by Gasteiger charge is -2.22. The average molecular weight is 423 g/mol. The Morgan fingerprint density at radius 1 is 0.531 bits per heavy atom. The van der Waals surface area contributed by atoms with E-state index < -0.39 is 0 Å². The van der Waals surface area contributed by atoms with Gasteiger partial charge in [-0.25, -0.2) is 9.97 Å². The molecule has 0 radical (unpaired) electrons. The minimum absolute atomic E-state index is 0.0900. The van der Waals surface area contributed by atoms with Crippen LogP contribution in [0.2, 0.25) is 0 Å². The van der Waals surface area contributed by atoms with E-state index in [0.717, 1.165) is 45.1 Å². The van der Waals surface area contributed by atoms with E-state index in [4.69, 9.17) is 9.97 Å². The molecule has 0 aliphatic heterocycles. The minimum atomic E-state index is -0.0900. The smallest absolute Gasteiger partial charge is 0.119 e. The molecule has 4 heteroatoms. The average Bonchev–Trinajstić information content (AvgIpc) is 3.33. The Morgan fingerprint density at radius 3 is 1.34 bits per heavy atom. The van der Waals surface area contributed by atoms with Gasteiger partial charge in [0.25, 0.3) is 0 Å². The van der Waals surface area contributed by atoms with Crippen molar-refractivity contribution >= 4 is 22.1 Å². The van der Waals surface area contributed by atoms with E-state index in [1.807, 2.05) is 0 Å². The van der Waals surface area contributed by atoms with Gasteiger partial charge in [-0.2, -0.15) is 0 Å². The molecule has 162 valence electrons. The highest BCUT2D eigenvalue weighted by Crippen LogP contribution is 2.33. The van der Waals surface area contributed by atoms with Gasteiger partial charge in [0.05, 0.1) is 22.1 Å². The Kier molecular flexibility index (Phi) is 4.52. The van der Waals surface area contributed by atoms with Crippen LogP contribution in [0, 0.1) is 0 Å². The van der Waals surface area contributed by atoms with Gasteiger partial charge in [0.2, 0.25) is 0 Å². The molecule has 0 amide bonds. The SMILES string of the molecule is CC(C)(C)c1nc2ccccc2n1-c1cccc(-n2c(C(C)(C)C)nc3ccccc32)c1. The van der Waals surface area contributed by atoms with Crippen LogP contribution in [0.25, 0.3) is 33.4 Å². The predicted molar refractivity (Wildman–Crippen MR) is 133 cm³/mol. The summed E-state index contributed by atoms with van der Waals surface area (Å²) in [6.45, 7) is 13.3. The first-order chi connectivity index (χ1) is 15.1. The van der Waals surface area contributed by atoms with Gasteiger partial charge >= 0.3 is 0 Å². The summed E-state index contributed by atoms with van der Waals surface area (Å²) in [5.74, 6) is 2.12. The normalized spacial score (nSPS) is 12.7. The van der Waals surface area contributed by atoms with Crippen LogP contribution < -0.4 is 0 Å². The van der Waals surface area contributed by atoms with Gasteiger partial charge in [-0.3, -0.25) is 9.13 Å². The van der Waals surface area contributed by atoms with Crippen molar-refractivity contribution in [3.63, 3.8) is 0 Å². The third kappa shape index (κ3) is 3.31. The van der Waals surface area contributed by atoms with Crippen molar-refractivity contribution in [1.29, 1.82) is 0 Å². The second-order valence-corrected chi connectivity index (χ2v) is 10.5. The molecule has 0 fully saturated rings. The second kappa shape index (κ2) is 7.06. The van der Waals surface area contributed by atoms with E-state index in [2.05, 4.69) is 123 Å². The standard InChI is InChI=1S/C28H30N4/c1-27(2,3)25-29-21-14-7-9-16-23(21)31(25)19-12-11-13-20(18-19)32-24-17-10-8-15-22(24)30-26(32)28(4,5)6/h7-18H,1-6H3. The largest absolute Gasteiger partial charge is 0.296 e. The molecule has 0 aliphatic carbocycles. The molecule has 0 unspecified atom stereocenters. The molecule has 0 N–H and O–H groups in total. The molecule has 0 aliphatic rings. The van der Waals surface area contributed by atoms with E-state index in [-0.39, 0.29) is 10.8 Å². The number of para-hydroxylation sites is 4. The molecular weight excluding hydrogens is 392 g/mol. The summed E-state index contributed by atoms with van der Waals surface area (Å²) in [5.41, 5.74) is 6.33. The molecule has 3 aromatic carbocycles. The van der Waals surface area contributed by atoms with Crippen LogP contribution in [0.5, 0.6) is 0 Å². The Balaban J connectivity index is 1.79. The number of benzene rings is 3. The third-order valence-electron chi connectivity index (χ3n) is 5.81. The molecule has 4 nitrogen and oxygen atoms in total. The van der Waals surface area contributed by atoms with Crippen molar-refractivity contribution in [2.75, 3.05) is 0 Å². The van der Waals surface area contributed by atoms with Gasteiger partial charge in [0.1, 0.15) is 11.6 Å². The zero-order chi connectivity index (χ0) is 22.7. The number of rotatable bonds is 2. The van der Waals surface area contributed by atoms with Crippen LogP contribution >= 0.6 is 0 Å². The summed E-state index contributed by atoms with van der Waals surface area (Å²) in [6.07, 6.45) is 0. The van der Waals surface area contributed by atoms with Gasteiger partial charge in [0, 0.05) is 22.2 Å². The maximum atomic E-state index is 5.00. The van der Waals surface area contributed by atoms with Crippen molar-refractivity contribution in [2.45, 2.75) is 52.4 Å². The van der Waals surface area contributed by atoms with E-state index in [0.29, 0.717) is 0 Å². The van der Waals surface area contributed by atoms with E-state index in [9.17, 15) is 0 Å². The van der Waals surface area contributed by atoms with Crippen LogP contribution in [0.3, 0.4) is 0 Å². The summed E-state index contributed by atoms with van der Waals surface area (Å²) < 4.78 is 4.60. The zero-order valence-electron chi connectivity index (χ0n) is 19.7. The number of fused-ring (bicyclic) bond motifs is 2. The predicted octanol–water partition coefficient (Wildman–Crippen LogP) is 6.96. The molecule has 32 heavy (non-hydrogen) atoms. The third-order valence-corrected chi connectivity index (χ3v) is 5.81. The van der Waals surface area contributed by atoms with E-state index >= 15 is 0 Å². The first-order valence-corrected chi connectivity index (χ1v) is 11.2. The van der Waals surface area contributed by atoms with Gasteiger partial charge in [-0.05, 0) is 42.5 Å². The number of aromatic nitrogens is 4. The zero-order valence-corrected chi connectivity index (χ0v) is 19.7. The molecule has 0 spiro atoms. The molecule has 0 atom stereocenters. The van der Waals surface area contributed by atoms with Gasteiger partial charge in [-0.1, -0.05) is 71.9 Å². The first kappa shape index (κ1) is 20.5. The Bertz CT molecular complexity index is 1330. The quantitative estimate of drug-likeness (QED) is 0.308. The Morgan fingerprint density at radius 2 is 0.938 bits per heavy atom. The fraction of sp³-hybridized carbons (Fsp3) is 0.286. The highest BCUT2D eigenvalue weighted by atomic mass is 15.1. The summed E-state index contributed by atoms with van der Waals surface area (Å²) in [4.78, 5) is 10.0. The van der Waals surface area contributed by atoms with E-state index in [1.54, 1.807) is 0 Å². The van der Waals surface area contributed by atoms with Crippen LogP contribution in [0.1, 0.15) is 53.2 Å². The van der Waals surface area contributed by atoms with Crippen LogP contribution in [0.15, 0.2) is 72.8 Å². The summed E-state index contributed by atoms with van der Waals surface area (Å²) in [6, 6.07) is 25.5. The maximum absolute atomic E-state index is 5.00. The Hall–Kier alpha value is -3.40. The number of hydrogen-bond acceptors (Lipinski definition) is 2. The fourth-order valence-electron chi connectivity index (χ4n) is 4.35. The summed E-state index contributed by atoms with van der Waals surface area (Å²) >= 11 is 0. The molecule has 0 saturated heterocycles. The first-order valence-electron chi connectivity index (χ1n) is 11.2. The lowest BCUT2D eigenvalue weighted by molar-refractivity contribution is 0.537. The molecule has 2 aromatic heterocycles. The van der Waals surface area contributed by atoms with Crippen molar-refractivity contribution < 1.29 is 0 Å². The van der Waals surface area contributed by atoms with Crippen molar-refractivity contribution in [1.82, 2.24) is 19.1 Å². The van der Waals surface area contributed by atoms with Crippen LogP contribution in [0.4, 0.5) is 0 Å². The minimum Gasteiger partial charge on any atom is -0.296 e. The lowest BCUT2D eigenvalue weighted by atomic mass is 9.95. The highest BCUT2D eigenvalue weighted by Gasteiger charge is 2.26. The van der Waals surface area contributed by atoms with E-state index in [1.165, 1.54) is 0 Å². The monoisotopic (exact) mass is 422 g/mol. The van der Waals surface area contributed by atoms with Crippen molar-refractivity contribution in [3.05, 3.63) is 84.4 Å². The van der Waals surface area contributed by atoms with Gasteiger partial charge in [0.15, 0.2) is 0 Å². The summed E-state index contributed by atoms with van der Waals surface area (Å²) in [7, 11) is 0. The number of nitrogens with zero attached hydrogens (tertiary/aromatic N) is 4. The summed E-state index contributed by atoms with van der Waals surface area (Å²) in [5, 5.41) is 0. The van der Waals surface area contributed by atoms with Crippen molar-refractivity contribution in [2.24, 2.45) is 0 Å². The molecule has 5 aromatic rings. The fourth-order valence-corrected chi connectivity index (χ4v) is 4.35. The molecular formula is C28H30N4. The number of hydrogen-bond donors (Lipinski definition) is 0. The van der Waals surface area contributed by atoms with Gasteiger partial charge in [-0.15, -0.1) is 0 Å². The van der Waals surface area contributed by atoms with Crippen LogP contribution in [-0.2, 0) is 10.8 Å². The van der Waals surface area contributed by atoms with Gasteiger partial charge < -0.3 is 0 Å². The van der Waals surface area contributed by atoms with Crippen molar-refractivity contribution in [3.8, 4) is 11.4 Å². The highest BCUT2D eigenvalue weighted by molar-refractivity contribution is 5.80. The molecule has 0 bridgehead atoms. The number of imidazole rings is 2. The second-order valence-electron chi connectivity index (χ2n) is 10.5. The maximum Gasteiger partial charge on any atom is 0.119 e. The molecule has 2 heterocycles. The topological polar surface area (TPSA) is 35.6 Å².